The van der Waals surface area contributed by atoms with Gasteiger partial charge < -0.3 is 15.1 Å². The number of carbonyl (C=O) groups excluding carboxylic acids is 2. The lowest BCUT2D eigenvalue weighted by Gasteiger charge is -2.45. The molecule has 0 atom stereocenters. The van der Waals surface area contributed by atoms with Crippen LogP contribution in [0.2, 0.25) is 0 Å². The van der Waals surface area contributed by atoms with Crippen molar-refractivity contribution in [3.63, 3.8) is 0 Å². The van der Waals surface area contributed by atoms with Gasteiger partial charge in [0.25, 0.3) is 0 Å². The molecule has 2 fully saturated rings. The molecule has 96 valence electrons. The highest BCUT2D eigenvalue weighted by molar-refractivity contribution is 5.91. The zero-order chi connectivity index (χ0) is 12.6. The zero-order valence-electron chi connectivity index (χ0n) is 10.8. The summed E-state index contributed by atoms with van der Waals surface area (Å²) in [6.45, 7) is 4.84. The van der Waals surface area contributed by atoms with Crippen LogP contribution < -0.4 is 5.32 Å². The van der Waals surface area contributed by atoms with Crippen molar-refractivity contribution in [2.45, 2.75) is 44.7 Å². The van der Waals surface area contributed by atoms with Crippen LogP contribution in [-0.2, 0) is 4.79 Å². The second-order valence-electron chi connectivity index (χ2n) is 5.51. The van der Waals surface area contributed by atoms with Crippen molar-refractivity contribution in [1.82, 2.24) is 15.1 Å². The van der Waals surface area contributed by atoms with Crippen LogP contribution in [0.4, 0.5) is 4.79 Å². The molecule has 0 radical (unpaired) electrons. The molecule has 17 heavy (non-hydrogen) atoms. The van der Waals surface area contributed by atoms with Crippen LogP contribution in [-0.4, -0.2) is 53.5 Å². The second kappa shape index (κ2) is 4.20. The minimum Gasteiger partial charge on any atom is -0.342 e. The highest BCUT2D eigenvalue weighted by atomic mass is 16.2. The van der Waals surface area contributed by atoms with E-state index in [0.29, 0.717) is 19.1 Å². The van der Waals surface area contributed by atoms with Gasteiger partial charge in [-0.3, -0.25) is 4.79 Å². The fourth-order valence-electron chi connectivity index (χ4n) is 2.37. The molecule has 2 aliphatic rings. The number of nitrogens with zero attached hydrogens (tertiary/aromatic N) is 2. The number of hydrogen-bond acceptors (Lipinski definition) is 2. The molecule has 1 saturated heterocycles. The van der Waals surface area contributed by atoms with Crippen molar-refractivity contribution in [2.24, 2.45) is 0 Å². The van der Waals surface area contributed by atoms with Crippen molar-refractivity contribution in [1.29, 1.82) is 0 Å². The SMILES string of the molecule is CN1CCN(C(=O)NC2CCC2)C(C)(C)C1=O. The van der Waals surface area contributed by atoms with Crippen LogP contribution in [0, 0.1) is 0 Å². The quantitative estimate of drug-likeness (QED) is 0.736. The fourth-order valence-corrected chi connectivity index (χ4v) is 2.37. The van der Waals surface area contributed by atoms with Gasteiger partial charge in [-0.15, -0.1) is 0 Å². The maximum Gasteiger partial charge on any atom is 0.318 e. The Hall–Kier alpha value is -1.26. The van der Waals surface area contributed by atoms with Crippen molar-refractivity contribution in [3.05, 3.63) is 0 Å². The lowest BCUT2D eigenvalue weighted by molar-refractivity contribution is -0.144. The van der Waals surface area contributed by atoms with Crippen molar-refractivity contribution >= 4 is 11.9 Å². The van der Waals surface area contributed by atoms with Gasteiger partial charge in [-0.25, -0.2) is 4.79 Å². The molecule has 0 aromatic rings. The summed E-state index contributed by atoms with van der Waals surface area (Å²) in [5.41, 5.74) is -0.735. The van der Waals surface area contributed by atoms with Crippen LogP contribution in [0.3, 0.4) is 0 Å². The highest BCUT2D eigenvalue weighted by Crippen LogP contribution is 2.23. The van der Waals surface area contributed by atoms with E-state index in [0.717, 1.165) is 12.8 Å². The maximum atomic E-state index is 12.1. The Bertz CT molecular complexity index is 337. The van der Waals surface area contributed by atoms with E-state index < -0.39 is 5.54 Å². The van der Waals surface area contributed by atoms with E-state index in [2.05, 4.69) is 5.32 Å². The number of amides is 3. The molecule has 3 amide bonds. The Labute approximate surface area is 102 Å². The maximum absolute atomic E-state index is 12.1. The van der Waals surface area contributed by atoms with Crippen molar-refractivity contribution < 1.29 is 9.59 Å². The second-order valence-corrected chi connectivity index (χ2v) is 5.51. The molecule has 5 nitrogen and oxygen atoms in total. The van der Waals surface area contributed by atoms with Gasteiger partial charge >= 0.3 is 6.03 Å². The molecule has 0 spiro atoms. The van der Waals surface area contributed by atoms with Gasteiger partial charge in [0.2, 0.25) is 5.91 Å². The fraction of sp³-hybridized carbons (Fsp3) is 0.833. The molecule has 0 aromatic carbocycles. The summed E-state index contributed by atoms with van der Waals surface area (Å²) >= 11 is 0. The van der Waals surface area contributed by atoms with E-state index in [9.17, 15) is 9.59 Å². The third-order valence-corrected chi connectivity index (χ3v) is 3.88. The number of urea groups is 1. The molecular formula is C12H21N3O2. The average Bonchev–Trinajstić information content (AvgIpc) is 2.20. The average molecular weight is 239 g/mol. The van der Waals surface area contributed by atoms with Gasteiger partial charge in [-0.1, -0.05) is 0 Å². The minimum atomic E-state index is -0.735. The topological polar surface area (TPSA) is 52.6 Å². The van der Waals surface area contributed by atoms with E-state index in [1.807, 2.05) is 13.8 Å². The van der Waals surface area contributed by atoms with Crippen molar-refractivity contribution in [3.8, 4) is 0 Å². The first-order valence-corrected chi connectivity index (χ1v) is 6.26. The standard InChI is InChI=1S/C12H21N3O2/c1-12(2)10(16)14(3)7-8-15(12)11(17)13-9-5-4-6-9/h9H,4-8H2,1-3H3,(H,13,17). The first-order chi connectivity index (χ1) is 7.93. The number of rotatable bonds is 1. The van der Waals surface area contributed by atoms with Gasteiger partial charge in [-0.05, 0) is 33.1 Å². The molecule has 5 heteroatoms. The van der Waals surface area contributed by atoms with Gasteiger partial charge in [0.1, 0.15) is 5.54 Å². The summed E-state index contributed by atoms with van der Waals surface area (Å²) in [6.07, 6.45) is 3.32. The largest absolute Gasteiger partial charge is 0.342 e. The first kappa shape index (κ1) is 12.2. The smallest absolute Gasteiger partial charge is 0.318 e. The predicted molar refractivity (Wildman–Crippen MR) is 64.6 cm³/mol. The molecule has 0 bridgehead atoms. The number of nitrogens with one attached hydrogen (secondary N) is 1. The van der Waals surface area contributed by atoms with E-state index in [1.165, 1.54) is 6.42 Å². The lowest BCUT2D eigenvalue weighted by atomic mass is 9.93. The lowest BCUT2D eigenvalue weighted by Crippen LogP contribution is -2.66. The Kier molecular flexibility index (Phi) is 3.02. The summed E-state index contributed by atoms with van der Waals surface area (Å²) < 4.78 is 0. The Morgan fingerprint density at radius 1 is 1.35 bits per heavy atom. The van der Waals surface area contributed by atoms with E-state index in [4.69, 9.17) is 0 Å². The monoisotopic (exact) mass is 239 g/mol. The van der Waals surface area contributed by atoms with Gasteiger partial charge in [-0.2, -0.15) is 0 Å². The first-order valence-electron chi connectivity index (χ1n) is 6.26. The summed E-state index contributed by atoms with van der Waals surface area (Å²) in [4.78, 5) is 27.5. The van der Waals surface area contributed by atoms with Crippen LogP contribution in [0.25, 0.3) is 0 Å². The van der Waals surface area contributed by atoms with Crippen LogP contribution in [0.15, 0.2) is 0 Å². The minimum absolute atomic E-state index is 0.00695. The van der Waals surface area contributed by atoms with Gasteiger partial charge in [0.05, 0.1) is 0 Å². The van der Waals surface area contributed by atoms with Crippen LogP contribution in [0.5, 0.6) is 0 Å². The summed E-state index contributed by atoms with van der Waals surface area (Å²) in [7, 11) is 1.78. The molecule has 0 unspecified atom stereocenters. The molecule has 0 aromatic heterocycles. The molecular weight excluding hydrogens is 218 g/mol. The molecule has 2 rings (SSSR count). The predicted octanol–water partition coefficient (Wildman–Crippen LogP) is 0.801. The highest BCUT2D eigenvalue weighted by Gasteiger charge is 2.43. The molecule has 1 aliphatic carbocycles. The number of carbonyl (C=O) groups is 2. The summed E-state index contributed by atoms with van der Waals surface area (Å²) in [5.74, 6) is 0.00695. The molecule has 1 aliphatic heterocycles. The molecule has 1 saturated carbocycles. The third kappa shape index (κ3) is 2.10. The number of hydrogen-bond donors (Lipinski definition) is 1. The van der Waals surface area contributed by atoms with Crippen LogP contribution in [0.1, 0.15) is 33.1 Å². The number of likely N-dealkylation sites (N-methyl/N-ethyl adjacent to an activating group) is 1. The summed E-state index contributed by atoms with van der Waals surface area (Å²) in [5, 5.41) is 2.99. The number of piperazine rings is 1. The normalized spacial score (nSPS) is 24.5. The van der Waals surface area contributed by atoms with Crippen molar-refractivity contribution in [2.75, 3.05) is 20.1 Å². The van der Waals surface area contributed by atoms with Crippen LogP contribution >= 0.6 is 0 Å². The molecule has 1 N–H and O–H groups in total. The van der Waals surface area contributed by atoms with E-state index in [1.54, 1.807) is 16.8 Å². The van der Waals surface area contributed by atoms with E-state index >= 15 is 0 Å². The van der Waals surface area contributed by atoms with E-state index in [-0.39, 0.29) is 11.9 Å². The molecule has 1 heterocycles. The summed E-state index contributed by atoms with van der Waals surface area (Å²) in [6, 6.07) is 0.217. The Balaban J connectivity index is 2.03. The Morgan fingerprint density at radius 3 is 2.53 bits per heavy atom. The third-order valence-electron chi connectivity index (χ3n) is 3.88. The zero-order valence-corrected chi connectivity index (χ0v) is 10.8. The van der Waals surface area contributed by atoms with Gasteiger partial charge in [0, 0.05) is 26.2 Å². The van der Waals surface area contributed by atoms with Gasteiger partial charge in [0.15, 0.2) is 0 Å². The Morgan fingerprint density at radius 2 is 2.00 bits per heavy atom.